The average molecular weight is 384 g/mol. The van der Waals surface area contributed by atoms with Gasteiger partial charge in [0.25, 0.3) is 0 Å². The molecule has 4 rings (SSSR count). The van der Waals surface area contributed by atoms with Gasteiger partial charge in [0.15, 0.2) is 0 Å². The van der Waals surface area contributed by atoms with Crippen LogP contribution in [0.15, 0.2) is 24.5 Å². The smallest absolute Gasteiger partial charge is 0.221 e. The number of hydrogen-bond donors (Lipinski definition) is 2. The molecular formula is C20H25N5OS. The van der Waals surface area contributed by atoms with Crippen molar-refractivity contribution >= 4 is 43.4 Å². The average Bonchev–Trinajstić information content (AvgIpc) is 3.02. The fourth-order valence-corrected chi connectivity index (χ4v) is 5.19. The molecule has 1 aromatic carbocycles. The van der Waals surface area contributed by atoms with E-state index in [-0.39, 0.29) is 12.3 Å². The minimum absolute atomic E-state index is 0.228. The van der Waals surface area contributed by atoms with Crippen LogP contribution in [0.5, 0.6) is 0 Å². The molecule has 27 heavy (non-hydrogen) atoms. The molecule has 3 N–H and O–H groups in total. The SMILES string of the molecule is CN(C)C1CCC(Nc2ncnc3sc4cccc(CC(N)=O)c4c23)CC1. The summed E-state index contributed by atoms with van der Waals surface area (Å²) < 4.78 is 1.11. The number of nitrogens with zero attached hydrogens (tertiary/aromatic N) is 3. The molecule has 3 aromatic rings. The highest BCUT2D eigenvalue weighted by Gasteiger charge is 2.24. The molecule has 2 heterocycles. The second kappa shape index (κ2) is 7.40. The molecule has 2 aromatic heterocycles. The number of carbonyl (C=O) groups excluding carboxylic acids is 1. The first-order chi connectivity index (χ1) is 13.0. The Kier molecular flexibility index (Phi) is 4.97. The summed E-state index contributed by atoms with van der Waals surface area (Å²) in [7, 11) is 4.31. The van der Waals surface area contributed by atoms with Gasteiger partial charge in [-0.25, -0.2) is 9.97 Å². The largest absolute Gasteiger partial charge is 0.369 e. The predicted molar refractivity (Wildman–Crippen MR) is 111 cm³/mol. The van der Waals surface area contributed by atoms with Crippen LogP contribution in [-0.4, -0.2) is 47.0 Å². The highest BCUT2D eigenvalue weighted by molar-refractivity contribution is 7.25. The van der Waals surface area contributed by atoms with Crippen molar-refractivity contribution in [3.63, 3.8) is 0 Å². The van der Waals surface area contributed by atoms with Gasteiger partial charge in [0, 0.05) is 22.2 Å². The van der Waals surface area contributed by atoms with E-state index in [0.717, 1.165) is 44.5 Å². The maximum absolute atomic E-state index is 11.5. The normalized spacial score (nSPS) is 20.4. The first-order valence-corrected chi connectivity index (χ1v) is 10.2. The van der Waals surface area contributed by atoms with E-state index >= 15 is 0 Å². The number of primary amides is 1. The van der Waals surface area contributed by atoms with Gasteiger partial charge in [-0.1, -0.05) is 12.1 Å². The highest BCUT2D eigenvalue weighted by Crippen LogP contribution is 2.39. The third kappa shape index (κ3) is 3.61. The molecule has 0 spiro atoms. The van der Waals surface area contributed by atoms with Gasteiger partial charge in [0.2, 0.25) is 5.91 Å². The van der Waals surface area contributed by atoms with Gasteiger partial charge >= 0.3 is 0 Å². The zero-order valence-electron chi connectivity index (χ0n) is 15.7. The standard InChI is InChI=1S/C20H25N5OS/c1-25(2)14-8-6-13(7-9-14)24-19-18-17-12(10-16(21)26)4-3-5-15(17)27-20(18)23-11-22-19/h3-5,11,13-14H,6-10H2,1-2H3,(H2,21,26)(H,22,23,24). The Morgan fingerprint density at radius 2 is 2.00 bits per heavy atom. The van der Waals surface area contributed by atoms with Crippen LogP contribution in [0.3, 0.4) is 0 Å². The van der Waals surface area contributed by atoms with Crippen LogP contribution in [0, 0.1) is 0 Å². The number of aromatic nitrogens is 2. The molecule has 0 radical (unpaired) electrons. The topological polar surface area (TPSA) is 84.1 Å². The number of rotatable bonds is 5. The summed E-state index contributed by atoms with van der Waals surface area (Å²) in [5.41, 5.74) is 6.41. The second-order valence-electron chi connectivity index (χ2n) is 7.55. The van der Waals surface area contributed by atoms with E-state index in [9.17, 15) is 4.79 Å². The van der Waals surface area contributed by atoms with Crippen molar-refractivity contribution in [3.05, 3.63) is 30.1 Å². The van der Waals surface area contributed by atoms with E-state index < -0.39 is 0 Å². The first-order valence-electron chi connectivity index (χ1n) is 9.39. The number of benzene rings is 1. The molecule has 1 saturated carbocycles. The molecule has 7 heteroatoms. The molecule has 1 fully saturated rings. The number of hydrogen-bond acceptors (Lipinski definition) is 6. The van der Waals surface area contributed by atoms with Gasteiger partial charge in [-0.3, -0.25) is 4.79 Å². The van der Waals surface area contributed by atoms with Gasteiger partial charge in [-0.15, -0.1) is 11.3 Å². The second-order valence-corrected chi connectivity index (χ2v) is 8.58. The Bertz CT molecular complexity index is 975. The molecule has 0 atom stereocenters. The minimum atomic E-state index is -0.324. The first kappa shape index (κ1) is 18.1. The molecule has 1 aliphatic carbocycles. The summed E-state index contributed by atoms with van der Waals surface area (Å²) in [5.74, 6) is 0.548. The van der Waals surface area contributed by atoms with Crippen molar-refractivity contribution < 1.29 is 4.79 Å². The Morgan fingerprint density at radius 1 is 1.22 bits per heavy atom. The van der Waals surface area contributed by atoms with E-state index in [1.807, 2.05) is 12.1 Å². The lowest BCUT2D eigenvalue weighted by molar-refractivity contribution is -0.117. The maximum Gasteiger partial charge on any atom is 0.221 e. The monoisotopic (exact) mass is 383 g/mol. The summed E-state index contributed by atoms with van der Waals surface area (Å²) in [4.78, 5) is 23.8. The van der Waals surface area contributed by atoms with E-state index in [1.165, 1.54) is 12.8 Å². The van der Waals surface area contributed by atoms with Crippen molar-refractivity contribution in [3.8, 4) is 0 Å². The Labute approximate surface area is 162 Å². The van der Waals surface area contributed by atoms with Crippen LogP contribution in [0.4, 0.5) is 5.82 Å². The summed E-state index contributed by atoms with van der Waals surface area (Å²) in [6.07, 6.45) is 6.49. The Hall–Kier alpha value is -2.25. The number of nitrogens with one attached hydrogen (secondary N) is 1. The lowest BCUT2D eigenvalue weighted by Gasteiger charge is -2.33. The molecule has 1 amide bonds. The van der Waals surface area contributed by atoms with Crippen molar-refractivity contribution in [1.82, 2.24) is 14.9 Å². The summed E-state index contributed by atoms with van der Waals surface area (Å²) in [5, 5.41) is 5.74. The van der Waals surface area contributed by atoms with E-state index in [2.05, 4.69) is 40.3 Å². The molecular weight excluding hydrogens is 358 g/mol. The van der Waals surface area contributed by atoms with Gasteiger partial charge in [0.05, 0.1) is 11.8 Å². The fraction of sp³-hybridized carbons (Fsp3) is 0.450. The van der Waals surface area contributed by atoms with Gasteiger partial charge in [-0.05, 0) is 51.4 Å². The number of nitrogens with two attached hydrogens (primary N) is 1. The van der Waals surface area contributed by atoms with Crippen molar-refractivity contribution in [1.29, 1.82) is 0 Å². The van der Waals surface area contributed by atoms with Crippen LogP contribution in [-0.2, 0) is 11.2 Å². The molecule has 0 unspecified atom stereocenters. The maximum atomic E-state index is 11.5. The van der Waals surface area contributed by atoms with Crippen LogP contribution in [0.1, 0.15) is 31.2 Å². The van der Waals surface area contributed by atoms with Gasteiger partial charge < -0.3 is 16.0 Å². The third-order valence-corrected chi connectivity index (χ3v) is 6.58. The summed E-state index contributed by atoms with van der Waals surface area (Å²) in [6.45, 7) is 0. The highest BCUT2D eigenvalue weighted by atomic mass is 32.1. The third-order valence-electron chi connectivity index (χ3n) is 5.51. The van der Waals surface area contributed by atoms with E-state index in [4.69, 9.17) is 5.73 Å². The molecule has 0 bridgehead atoms. The van der Waals surface area contributed by atoms with Crippen molar-refractivity contribution in [2.45, 2.75) is 44.2 Å². The van der Waals surface area contributed by atoms with Crippen molar-refractivity contribution in [2.24, 2.45) is 5.73 Å². The van der Waals surface area contributed by atoms with Gasteiger partial charge in [-0.2, -0.15) is 0 Å². The quantitative estimate of drug-likeness (QED) is 0.707. The molecule has 1 aliphatic rings. The van der Waals surface area contributed by atoms with Gasteiger partial charge in [0.1, 0.15) is 17.0 Å². The summed E-state index contributed by atoms with van der Waals surface area (Å²) in [6, 6.07) is 7.09. The number of carbonyl (C=O) groups is 1. The van der Waals surface area contributed by atoms with Crippen LogP contribution in [0.25, 0.3) is 20.3 Å². The minimum Gasteiger partial charge on any atom is -0.369 e. The molecule has 0 saturated heterocycles. The number of anilines is 1. The predicted octanol–water partition coefficient (Wildman–Crippen LogP) is 3.16. The lowest BCUT2D eigenvalue weighted by atomic mass is 9.90. The molecule has 0 aliphatic heterocycles. The van der Waals surface area contributed by atoms with E-state index in [0.29, 0.717) is 12.1 Å². The fourth-order valence-electron chi connectivity index (χ4n) is 4.10. The van der Waals surface area contributed by atoms with Crippen LogP contribution >= 0.6 is 11.3 Å². The zero-order valence-corrected chi connectivity index (χ0v) is 16.6. The van der Waals surface area contributed by atoms with Crippen LogP contribution < -0.4 is 11.1 Å². The molecule has 142 valence electrons. The molecule has 6 nitrogen and oxygen atoms in total. The zero-order chi connectivity index (χ0) is 19.0. The van der Waals surface area contributed by atoms with E-state index in [1.54, 1.807) is 17.7 Å². The van der Waals surface area contributed by atoms with Crippen molar-refractivity contribution in [2.75, 3.05) is 19.4 Å². The van der Waals surface area contributed by atoms with Crippen LogP contribution in [0.2, 0.25) is 0 Å². The Balaban J connectivity index is 1.70. The number of amides is 1. The Morgan fingerprint density at radius 3 is 2.70 bits per heavy atom. The lowest BCUT2D eigenvalue weighted by Crippen LogP contribution is -2.36. The number of fused-ring (bicyclic) bond motifs is 3. The number of thiophene rings is 1. The summed E-state index contributed by atoms with van der Waals surface area (Å²) >= 11 is 1.63.